The number of nitrogens with zero attached hydrogens (tertiary/aromatic N) is 4. The summed E-state index contributed by atoms with van der Waals surface area (Å²) in [6, 6.07) is 16.1. The zero-order chi connectivity index (χ0) is 17.6. The highest BCUT2D eigenvalue weighted by Crippen LogP contribution is 2.14. The third-order valence-corrected chi connectivity index (χ3v) is 4.13. The zero-order valence-electron chi connectivity index (χ0n) is 14.5. The van der Waals surface area contributed by atoms with Crippen LogP contribution in [-0.2, 0) is 19.7 Å². The molecule has 26 heavy (non-hydrogen) atoms. The molecular weight excluding hydrogens is 326 g/mol. The number of pyridine rings is 1. The summed E-state index contributed by atoms with van der Waals surface area (Å²) >= 11 is 0. The Bertz CT molecular complexity index is 911. The van der Waals surface area contributed by atoms with E-state index in [2.05, 4.69) is 27.5 Å². The van der Waals surface area contributed by atoms with E-state index in [0.29, 0.717) is 6.61 Å². The lowest BCUT2D eigenvalue weighted by molar-refractivity contribution is 0.302. The molecule has 4 rings (SSSR count). The lowest BCUT2D eigenvalue weighted by atomic mass is 10.2. The van der Waals surface area contributed by atoms with Gasteiger partial charge < -0.3 is 14.5 Å². The molecule has 0 spiro atoms. The molecule has 0 unspecified atom stereocenters. The predicted octanol–water partition coefficient (Wildman–Crippen LogP) is 2.90. The van der Waals surface area contributed by atoms with Crippen LogP contribution < -0.4 is 10.1 Å². The first kappa shape index (κ1) is 16.4. The van der Waals surface area contributed by atoms with E-state index in [1.54, 1.807) is 6.20 Å². The Hall–Kier alpha value is -3.12. The van der Waals surface area contributed by atoms with Crippen LogP contribution >= 0.6 is 0 Å². The van der Waals surface area contributed by atoms with Crippen molar-refractivity contribution >= 4 is 5.65 Å². The van der Waals surface area contributed by atoms with Crippen molar-refractivity contribution in [3.63, 3.8) is 0 Å². The van der Waals surface area contributed by atoms with Gasteiger partial charge in [-0.05, 0) is 35.9 Å². The molecule has 3 heterocycles. The zero-order valence-corrected chi connectivity index (χ0v) is 14.5. The number of ether oxygens (including phenoxy) is 1. The SMILES string of the molecule is c1ccn2cc(COc3ccc(CNCCn4cccn4)cc3)nc2c1. The molecule has 0 saturated heterocycles. The number of hydrogen-bond donors (Lipinski definition) is 1. The maximum absolute atomic E-state index is 5.84. The van der Waals surface area contributed by atoms with Crippen LogP contribution in [0.15, 0.2) is 73.3 Å². The highest BCUT2D eigenvalue weighted by atomic mass is 16.5. The summed E-state index contributed by atoms with van der Waals surface area (Å²) in [4.78, 5) is 4.54. The second-order valence-electron chi connectivity index (χ2n) is 6.08. The summed E-state index contributed by atoms with van der Waals surface area (Å²) in [7, 11) is 0. The fourth-order valence-corrected chi connectivity index (χ4v) is 2.78. The van der Waals surface area contributed by atoms with Gasteiger partial charge in [0.25, 0.3) is 0 Å². The highest BCUT2D eigenvalue weighted by Gasteiger charge is 2.02. The van der Waals surface area contributed by atoms with E-state index in [9.17, 15) is 0 Å². The van der Waals surface area contributed by atoms with Gasteiger partial charge in [0, 0.05) is 37.9 Å². The second kappa shape index (κ2) is 7.84. The molecule has 6 nitrogen and oxygen atoms in total. The van der Waals surface area contributed by atoms with E-state index < -0.39 is 0 Å². The molecule has 0 aliphatic carbocycles. The molecule has 1 N–H and O–H groups in total. The molecule has 0 bridgehead atoms. The first-order valence-electron chi connectivity index (χ1n) is 8.69. The van der Waals surface area contributed by atoms with Gasteiger partial charge in [-0.3, -0.25) is 4.68 Å². The van der Waals surface area contributed by atoms with Crippen LogP contribution in [0.3, 0.4) is 0 Å². The summed E-state index contributed by atoms with van der Waals surface area (Å²) in [6.45, 7) is 3.04. The number of hydrogen-bond acceptors (Lipinski definition) is 4. The number of rotatable bonds is 8. The molecular formula is C20H21N5O. The minimum atomic E-state index is 0.461. The van der Waals surface area contributed by atoms with Gasteiger partial charge in [0.05, 0.1) is 12.2 Å². The maximum Gasteiger partial charge on any atom is 0.137 e. The van der Waals surface area contributed by atoms with E-state index in [0.717, 1.165) is 36.7 Å². The topological polar surface area (TPSA) is 56.4 Å². The van der Waals surface area contributed by atoms with Crippen LogP contribution in [-0.4, -0.2) is 25.7 Å². The van der Waals surface area contributed by atoms with Gasteiger partial charge in [-0.25, -0.2) is 4.98 Å². The monoisotopic (exact) mass is 347 g/mol. The molecule has 0 atom stereocenters. The summed E-state index contributed by atoms with van der Waals surface area (Å²) in [5.41, 5.74) is 3.08. The van der Waals surface area contributed by atoms with Crippen LogP contribution in [0.4, 0.5) is 0 Å². The van der Waals surface area contributed by atoms with E-state index in [1.807, 2.05) is 64.1 Å². The molecule has 0 radical (unpaired) electrons. The minimum absolute atomic E-state index is 0.461. The van der Waals surface area contributed by atoms with Crippen molar-refractivity contribution in [3.05, 3.63) is 84.6 Å². The quantitative estimate of drug-likeness (QED) is 0.498. The standard InChI is InChI=1S/C20H21N5O/c1-2-11-24-15-18(23-20(24)4-1)16-26-19-7-5-17(6-8-19)14-21-10-13-25-12-3-9-22-25/h1-9,11-12,15,21H,10,13-14,16H2. The Morgan fingerprint density at radius 1 is 1.00 bits per heavy atom. The van der Waals surface area contributed by atoms with Gasteiger partial charge in [-0.2, -0.15) is 5.10 Å². The van der Waals surface area contributed by atoms with Gasteiger partial charge in [0.15, 0.2) is 0 Å². The van der Waals surface area contributed by atoms with Crippen LogP contribution in [0.25, 0.3) is 5.65 Å². The lowest BCUT2D eigenvalue weighted by Crippen LogP contribution is -2.19. The molecule has 6 heteroatoms. The maximum atomic E-state index is 5.84. The van der Waals surface area contributed by atoms with Crippen molar-refractivity contribution in [1.29, 1.82) is 0 Å². The number of imidazole rings is 1. The van der Waals surface area contributed by atoms with E-state index in [1.165, 1.54) is 5.56 Å². The van der Waals surface area contributed by atoms with Gasteiger partial charge in [-0.15, -0.1) is 0 Å². The van der Waals surface area contributed by atoms with Crippen LogP contribution in [0, 0.1) is 0 Å². The fraction of sp³-hybridized carbons (Fsp3) is 0.200. The Balaban J connectivity index is 1.24. The van der Waals surface area contributed by atoms with Crippen LogP contribution in [0.1, 0.15) is 11.3 Å². The Morgan fingerprint density at radius 3 is 2.73 bits per heavy atom. The minimum Gasteiger partial charge on any atom is -0.487 e. The third kappa shape index (κ3) is 4.10. The Kier molecular flexibility index (Phi) is 4.93. The Morgan fingerprint density at radius 2 is 1.92 bits per heavy atom. The molecule has 0 aliphatic rings. The average molecular weight is 347 g/mol. The van der Waals surface area contributed by atoms with Gasteiger partial charge in [0.1, 0.15) is 18.0 Å². The molecule has 0 fully saturated rings. The second-order valence-corrected chi connectivity index (χ2v) is 6.08. The van der Waals surface area contributed by atoms with E-state index >= 15 is 0 Å². The van der Waals surface area contributed by atoms with Gasteiger partial charge in [0.2, 0.25) is 0 Å². The third-order valence-electron chi connectivity index (χ3n) is 4.13. The first-order chi connectivity index (χ1) is 12.9. The number of aromatic nitrogens is 4. The van der Waals surface area contributed by atoms with Crippen LogP contribution in [0.5, 0.6) is 5.75 Å². The van der Waals surface area contributed by atoms with Gasteiger partial charge >= 0.3 is 0 Å². The molecule has 0 amide bonds. The van der Waals surface area contributed by atoms with Crippen molar-refractivity contribution in [2.24, 2.45) is 0 Å². The highest BCUT2D eigenvalue weighted by molar-refractivity contribution is 5.39. The van der Waals surface area contributed by atoms with Crippen molar-refractivity contribution in [2.45, 2.75) is 19.7 Å². The number of fused-ring (bicyclic) bond motifs is 1. The molecule has 132 valence electrons. The summed E-state index contributed by atoms with van der Waals surface area (Å²) in [6.07, 6.45) is 7.75. The predicted molar refractivity (Wildman–Crippen MR) is 99.9 cm³/mol. The molecule has 1 aromatic carbocycles. The van der Waals surface area contributed by atoms with E-state index in [-0.39, 0.29) is 0 Å². The van der Waals surface area contributed by atoms with Crippen molar-refractivity contribution < 1.29 is 4.74 Å². The molecule has 0 aliphatic heterocycles. The normalized spacial score (nSPS) is 11.1. The molecule has 3 aromatic heterocycles. The smallest absolute Gasteiger partial charge is 0.137 e. The van der Waals surface area contributed by atoms with Crippen molar-refractivity contribution in [3.8, 4) is 5.75 Å². The molecule has 4 aromatic rings. The lowest BCUT2D eigenvalue weighted by Gasteiger charge is -2.07. The first-order valence-corrected chi connectivity index (χ1v) is 8.69. The number of nitrogens with one attached hydrogen (secondary N) is 1. The van der Waals surface area contributed by atoms with Crippen molar-refractivity contribution in [1.82, 2.24) is 24.5 Å². The summed E-state index contributed by atoms with van der Waals surface area (Å²) in [5.74, 6) is 0.849. The van der Waals surface area contributed by atoms with Gasteiger partial charge in [-0.1, -0.05) is 18.2 Å². The summed E-state index contributed by atoms with van der Waals surface area (Å²) in [5, 5.41) is 7.60. The average Bonchev–Trinajstić information content (AvgIpc) is 3.33. The fourth-order valence-electron chi connectivity index (χ4n) is 2.78. The summed E-state index contributed by atoms with van der Waals surface area (Å²) < 4.78 is 9.76. The largest absolute Gasteiger partial charge is 0.487 e. The Labute approximate surface area is 152 Å². The van der Waals surface area contributed by atoms with Crippen LogP contribution in [0.2, 0.25) is 0 Å². The van der Waals surface area contributed by atoms with E-state index in [4.69, 9.17) is 4.74 Å². The molecule has 0 saturated carbocycles. The number of benzene rings is 1. The van der Waals surface area contributed by atoms with Crippen molar-refractivity contribution in [2.75, 3.05) is 6.54 Å².